The molecule has 4 aromatic rings. The van der Waals surface area contributed by atoms with Crippen LogP contribution in [0.3, 0.4) is 0 Å². The highest BCUT2D eigenvalue weighted by Crippen LogP contribution is 2.20. The lowest BCUT2D eigenvalue weighted by molar-refractivity contribution is -0.117. The molecule has 0 radical (unpaired) electrons. The zero-order chi connectivity index (χ0) is 29.5. The van der Waals surface area contributed by atoms with E-state index in [1.807, 2.05) is 25.1 Å². The van der Waals surface area contributed by atoms with E-state index >= 15 is 0 Å². The van der Waals surface area contributed by atoms with E-state index in [0.29, 0.717) is 35.6 Å². The SMILES string of the molecule is Cc1ccc(S(=O)(=O)N[C@@H](Cc2ccc(C(=O)c3ccccc3)cc2)C(=O)Nc2ccc(N3CCOCC3)cc2)cc1. The molecule has 1 amide bonds. The number of nitrogens with one attached hydrogen (secondary N) is 2. The predicted molar refractivity (Wildman–Crippen MR) is 163 cm³/mol. The maximum atomic E-state index is 13.5. The summed E-state index contributed by atoms with van der Waals surface area (Å²) in [4.78, 5) is 28.6. The van der Waals surface area contributed by atoms with Gasteiger partial charge in [-0.2, -0.15) is 4.72 Å². The van der Waals surface area contributed by atoms with Crippen molar-refractivity contribution in [2.75, 3.05) is 36.5 Å². The molecule has 1 aliphatic heterocycles. The molecule has 1 fully saturated rings. The first-order chi connectivity index (χ1) is 20.3. The second kappa shape index (κ2) is 13.1. The van der Waals surface area contributed by atoms with E-state index < -0.39 is 22.0 Å². The molecule has 0 aromatic heterocycles. The standard InChI is InChI=1S/C33H33N3O5S/c1-24-7-17-30(18-8-24)42(39,40)35-31(23-25-9-11-27(12-10-25)32(37)26-5-3-2-4-6-26)33(38)34-28-13-15-29(16-14-28)36-19-21-41-22-20-36/h2-18,31,35H,19-23H2,1H3,(H,34,38)/t31-/m0/s1. The Morgan fingerprint density at radius 2 is 1.43 bits per heavy atom. The molecule has 0 bridgehead atoms. The summed E-state index contributed by atoms with van der Waals surface area (Å²) in [5.74, 6) is -0.605. The monoisotopic (exact) mass is 583 g/mol. The van der Waals surface area contributed by atoms with Crippen molar-refractivity contribution in [2.24, 2.45) is 0 Å². The molecule has 216 valence electrons. The Morgan fingerprint density at radius 3 is 2.07 bits per heavy atom. The molecule has 1 saturated heterocycles. The summed E-state index contributed by atoms with van der Waals surface area (Å²) in [5.41, 5.74) is 4.29. The number of carbonyl (C=O) groups excluding carboxylic acids is 2. The largest absolute Gasteiger partial charge is 0.378 e. The van der Waals surface area contributed by atoms with Crippen molar-refractivity contribution in [1.29, 1.82) is 0 Å². The normalized spacial score (nSPS) is 14.3. The number of sulfonamides is 1. The lowest BCUT2D eigenvalue weighted by Crippen LogP contribution is -2.45. The summed E-state index contributed by atoms with van der Waals surface area (Å²) < 4.78 is 34.6. The highest BCUT2D eigenvalue weighted by atomic mass is 32.2. The maximum Gasteiger partial charge on any atom is 0.242 e. The summed E-state index contributed by atoms with van der Waals surface area (Å²) in [6.07, 6.45) is 0.0859. The van der Waals surface area contributed by atoms with Crippen molar-refractivity contribution in [1.82, 2.24) is 4.72 Å². The van der Waals surface area contributed by atoms with E-state index in [-0.39, 0.29) is 17.1 Å². The zero-order valence-corrected chi connectivity index (χ0v) is 24.1. The number of rotatable bonds is 10. The van der Waals surface area contributed by atoms with Gasteiger partial charge in [0, 0.05) is 35.6 Å². The number of aryl methyl sites for hydroxylation is 1. The average Bonchev–Trinajstić information content (AvgIpc) is 3.02. The molecule has 0 saturated carbocycles. The van der Waals surface area contributed by atoms with Crippen LogP contribution in [0.25, 0.3) is 0 Å². The van der Waals surface area contributed by atoms with Crippen molar-refractivity contribution >= 4 is 33.1 Å². The topological polar surface area (TPSA) is 105 Å². The van der Waals surface area contributed by atoms with Crippen LogP contribution >= 0.6 is 0 Å². The molecule has 2 N–H and O–H groups in total. The van der Waals surface area contributed by atoms with Gasteiger partial charge in [-0.25, -0.2) is 8.42 Å². The third-order valence-electron chi connectivity index (χ3n) is 7.15. The van der Waals surface area contributed by atoms with Crippen molar-refractivity contribution in [3.05, 3.63) is 125 Å². The molecular weight excluding hydrogens is 550 g/mol. The first-order valence-corrected chi connectivity index (χ1v) is 15.3. The molecule has 0 unspecified atom stereocenters. The van der Waals surface area contributed by atoms with Gasteiger partial charge < -0.3 is 15.0 Å². The molecule has 0 spiro atoms. The molecule has 1 atom stereocenters. The molecule has 1 aliphatic rings. The number of nitrogens with zero attached hydrogens (tertiary/aromatic N) is 1. The number of hydrogen-bond acceptors (Lipinski definition) is 6. The minimum absolute atomic E-state index is 0.0737. The van der Waals surface area contributed by atoms with E-state index in [9.17, 15) is 18.0 Å². The highest BCUT2D eigenvalue weighted by Gasteiger charge is 2.26. The van der Waals surface area contributed by atoms with Gasteiger partial charge in [-0.15, -0.1) is 0 Å². The second-order valence-corrected chi connectivity index (χ2v) is 11.9. The predicted octanol–water partition coefficient (Wildman–Crippen LogP) is 4.59. The minimum Gasteiger partial charge on any atom is -0.378 e. The zero-order valence-electron chi connectivity index (χ0n) is 23.3. The summed E-state index contributed by atoms with van der Waals surface area (Å²) in [5, 5.41) is 2.86. The maximum absolute atomic E-state index is 13.5. The van der Waals surface area contributed by atoms with Crippen LogP contribution in [-0.2, 0) is 26.0 Å². The van der Waals surface area contributed by atoms with Gasteiger partial charge in [0.15, 0.2) is 5.78 Å². The van der Waals surface area contributed by atoms with Crippen LogP contribution < -0.4 is 14.9 Å². The Hall–Kier alpha value is -4.31. The number of hydrogen-bond donors (Lipinski definition) is 2. The Bertz CT molecular complexity index is 1620. The molecule has 9 heteroatoms. The highest BCUT2D eigenvalue weighted by molar-refractivity contribution is 7.89. The van der Waals surface area contributed by atoms with Crippen LogP contribution in [0.15, 0.2) is 108 Å². The number of benzene rings is 4. The van der Waals surface area contributed by atoms with E-state index in [0.717, 1.165) is 24.3 Å². The number of carbonyl (C=O) groups is 2. The Kier molecular flexibility index (Phi) is 9.12. The van der Waals surface area contributed by atoms with Gasteiger partial charge in [-0.3, -0.25) is 9.59 Å². The van der Waals surface area contributed by atoms with Gasteiger partial charge in [-0.1, -0.05) is 72.3 Å². The van der Waals surface area contributed by atoms with Gasteiger partial charge in [0.05, 0.1) is 18.1 Å². The van der Waals surface area contributed by atoms with E-state index in [1.54, 1.807) is 72.8 Å². The second-order valence-electron chi connectivity index (χ2n) is 10.2. The fourth-order valence-electron chi connectivity index (χ4n) is 4.75. The Morgan fingerprint density at radius 1 is 0.810 bits per heavy atom. The summed E-state index contributed by atoms with van der Waals surface area (Å²) in [6.45, 7) is 4.80. The third kappa shape index (κ3) is 7.30. The number of ketones is 1. The van der Waals surface area contributed by atoms with Crippen molar-refractivity contribution in [3.63, 3.8) is 0 Å². The summed E-state index contributed by atoms with van der Waals surface area (Å²) >= 11 is 0. The number of morpholine rings is 1. The van der Waals surface area contributed by atoms with E-state index in [2.05, 4.69) is 14.9 Å². The summed E-state index contributed by atoms with van der Waals surface area (Å²) in [7, 11) is -4.00. The molecule has 1 heterocycles. The van der Waals surface area contributed by atoms with E-state index in [4.69, 9.17) is 4.74 Å². The smallest absolute Gasteiger partial charge is 0.242 e. The van der Waals surface area contributed by atoms with Gasteiger partial charge in [0.1, 0.15) is 6.04 Å². The first-order valence-electron chi connectivity index (χ1n) is 13.8. The average molecular weight is 584 g/mol. The molecule has 0 aliphatic carbocycles. The number of anilines is 2. The third-order valence-corrected chi connectivity index (χ3v) is 8.64. The van der Waals surface area contributed by atoms with Crippen LogP contribution in [0, 0.1) is 6.92 Å². The van der Waals surface area contributed by atoms with Gasteiger partial charge >= 0.3 is 0 Å². The number of amides is 1. The fourth-order valence-corrected chi connectivity index (χ4v) is 5.95. The summed E-state index contributed by atoms with van der Waals surface area (Å²) in [6, 6.07) is 28.6. The van der Waals surface area contributed by atoms with Gasteiger partial charge in [0.25, 0.3) is 0 Å². The Balaban J connectivity index is 1.34. The van der Waals surface area contributed by atoms with Crippen LogP contribution in [0.2, 0.25) is 0 Å². The van der Waals surface area contributed by atoms with Gasteiger partial charge in [0.2, 0.25) is 15.9 Å². The van der Waals surface area contributed by atoms with Crippen LogP contribution in [0.4, 0.5) is 11.4 Å². The van der Waals surface area contributed by atoms with Crippen LogP contribution in [-0.4, -0.2) is 52.5 Å². The van der Waals surface area contributed by atoms with Gasteiger partial charge in [-0.05, 0) is 55.3 Å². The van der Waals surface area contributed by atoms with Crippen molar-refractivity contribution in [3.8, 4) is 0 Å². The van der Waals surface area contributed by atoms with Crippen LogP contribution in [0.5, 0.6) is 0 Å². The Labute approximate surface area is 246 Å². The lowest BCUT2D eigenvalue weighted by Gasteiger charge is -2.29. The molecule has 42 heavy (non-hydrogen) atoms. The lowest BCUT2D eigenvalue weighted by atomic mass is 9.99. The quantitative estimate of drug-likeness (QED) is 0.265. The van der Waals surface area contributed by atoms with Crippen molar-refractivity contribution < 1.29 is 22.7 Å². The molecule has 4 aromatic carbocycles. The molecule has 8 nitrogen and oxygen atoms in total. The molecular formula is C33H33N3O5S. The van der Waals surface area contributed by atoms with Crippen LogP contribution in [0.1, 0.15) is 27.0 Å². The molecule has 5 rings (SSSR count). The first kappa shape index (κ1) is 29.2. The van der Waals surface area contributed by atoms with E-state index in [1.165, 1.54) is 12.1 Å². The van der Waals surface area contributed by atoms with Crippen molar-refractivity contribution in [2.45, 2.75) is 24.3 Å². The minimum atomic E-state index is -4.00. The number of ether oxygens (including phenoxy) is 1. The fraction of sp³-hybridized carbons (Fsp3) is 0.212.